The second-order valence-corrected chi connectivity index (χ2v) is 7.33. The standard InChI is InChI=1S/C22H34N2O3/c1-4-16-8-6-9-17(5-2)20(16)24-22(26)19-12-10-18(11-13-19)21(25)23-14-7-15-27-3/h6,8-9,18-19H,4-5,7,10-15H2,1-3H3,(H,23,25)(H,24,26). The SMILES string of the molecule is CCc1cccc(CC)c1NC(=O)C1CCC(C(=O)NCCCOC)CC1. The van der Waals surface area contributed by atoms with Gasteiger partial charge in [0, 0.05) is 37.8 Å². The summed E-state index contributed by atoms with van der Waals surface area (Å²) >= 11 is 0. The summed E-state index contributed by atoms with van der Waals surface area (Å²) in [5, 5.41) is 6.17. The van der Waals surface area contributed by atoms with Gasteiger partial charge in [-0.15, -0.1) is 0 Å². The van der Waals surface area contributed by atoms with Crippen LogP contribution in [0.2, 0.25) is 0 Å². The van der Waals surface area contributed by atoms with Crippen molar-refractivity contribution in [1.29, 1.82) is 0 Å². The fourth-order valence-corrected chi connectivity index (χ4v) is 3.82. The van der Waals surface area contributed by atoms with Crippen LogP contribution in [-0.2, 0) is 27.2 Å². The van der Waals surface area contributed by atoms with Gasteiger partial charge in [-0.05, 0) is 56.1 Å². The fourth-order valence-electron chi connectivity index (χ4n) is 3.82. The van der Waals surface area contributed by atoms with Crippen molar-refractivity contribution in [2.75, 3.05) is 25.6 Å². The minimum atomic E-state index is -0.00263. The van der Waals surface area contributed by atoms with Crippen LogP contribution < -0.4 is 10.6 Å². The molecule has 0 spiro atoms. The summed E-state index contributed by atoms with van der Waals surface area (Å²) in [6.45, 7) is 5.54. The predicted molar refractivity (Wildman–Crippen MR) is 109 cm³/mol. The zero-order valence-corrected chi connectivity index (χ0v) is 17.0. The van der Waals surface area contributed by atoms with E-state index in [1.807, 2.05) is 0 Å². The molecular weight excluding hydrogens is 340 g/mol. The molecule has 0 unspecified atom stereocenters. The lowest BCUT2D eigenvalue weighted by Crippen LogP contribution is -2.36. The first-order valence-electron chi connectivity index (χ1n) is 10.3. The molecule has 2 rings (SSSR count). The van der Waals surface area contributed by atoms with Gasteiger partial charge in [-0.2, -0.15) is 0 Å². The summed E-state index contributed by atoms with van der Waals surface area (Å²) < 4.78 is 5.00. The van der Waals surface area contributed by atoms with E-state index in [2.05, 4.69) is 42.7 Å². The van der Waals surface area contributed by atoms with Crippen molar-refractivity contribution in [1.82, 2.24) is 5.32 Å². The summed E-state index contributed by atoms with van der Waals surface area (Å²) in [4.78, 5) is 25.0. The van der Waals surface area contributed by atoms with Gasteiger partial charge in [0.2, 0.25) is 11.8 Å². The van der Waals surface area contributed by atoms with Crippen LogP contribution in [0.3, 0.4) is 0 Å². The van der Waals surface area contributed by atoms with Gasteiger partial charge in [-0.1, -0.05) is 32.0 Å². The molecule has 5 heteroatoms. The Hall–Kier alpha value is -1.88. The van der Waals surface area contributed by atoms with Crippen LogP contribution in [0.25, 0.3) is 0 Å². The van der Waals surface area contributed by atoms with Crippen molar-refractivity contribution in [3.8, 4) is 0 Å². The summed E-state index contributed by atoms with van der Waals surface area (Å²) in [7, 11) is 1.66. The predicted octanol–water partition coefficient (Wildman–Crippen LogP) is 3.71. The Labute approximate surface area is 163 Å². The maximum atomic E-state index is 12.8. The van der Waals surface area contributed by atoms with E-state index in [1.165, 1.54) is 11.1 Å². The molecule has 0 aromatic heterocycles. The van der Waals surface area contributed by atoms with Crippen LogP contribution in [0.5, 0.6) is 0 Å². The number of carbonyl (C=O) groups excluding carboxylic acids is 2. The van der Waals surface area contributed by atoms with Gasteiger partial charge in [-0.25, -0.2) is 0 Å². The number of ether oxygens (including phenoxy) is 1. The first-order valence-corrected chi connectivity index (χ1v) is 10.3. The molecule has 0 atom stereocenters. The van der Waals surface area contributed by atoms with E-state index in [0.717, 1.165) is 50.6 Å². The number of carbonyl (C=O) groups is 2. The first kappa shape index (κ1) is 21.4. The summed E-state index contributed by atoms with van der Waals surface area (Å²) in [6.07, 6.45) is 5.75. The number of hydrogen-bond donors (Lipinski definition) is 2. The molecule has 150 valence electrons. The summed E-state index contributed by atoms with van der Waals surface area (Å²) in [5.74, 6) is 0.252. The van der Waals surface area contributed by atoms with E-state index in [9.17, 15) is 9.59 Å². The largest absolute Gasteiger partial charge is 0.385 e. The Morgan fingerprint density at radius 3 is 2.07 bits per heavy atom. The van der Waals surface area contributed by atoms with Crippen LogP contribution in [0, 0.1) is 11.8 Å². The third-order valence-corrected chi connectivity index (χ3v) is 5.54. The molecule has 2 amide bonds. The highest BCUT2D eigenvalue weighted by atomic mass is 16.5. The zero-order valence-electron chi connectivity index (χ0n) is 17.0. The molecule has 1 aromatic rings. The van der Waals surface area contributed by atoms with Crippen molar-refractivity contribution in [3.05, 3.63) is 29.3 Å². The highest BCUT2D eigenvalue weighted by Crippen LogP contribution is 2.31. The van der Waals surface area contributed by atoms with Crippen molar-refractivity contribution >= 4 is 17.5 Å². The maximum absolute atomic E-state index is 12.8. The van der Waals surface area contributed by atoms with E-state index < -0.39 is 0 Å². The molecule has 1 aliphatic rings. The van der Waals surface area contributed by atoms with Gasteiger partial charge in [0.25, 0.3) is 0 Å². The Bertz CT molecular complexity index is 600. The topological polar surface area (TPSA) is 67.4 Å². The molecule has 0 aliphatic heterocycles. The minimum absolute atomic E-state index is 0.00263. The normalized spacial score (nSPS) is 19.5. The lowest BCUT2D eigenvalue weighted by atomic mass is 9.81. The monoisotopic (exact) mass is 374 g/mol. The number of aryl methyl sites for hydroxylation is 2. The lowest BCUT2D eigenvalue weighted by Gasteiger charge is -2.27. The number of nitrogens with one attached hydrogen (secondary N) is 2. The van der Waals surface area contributed by atoms with Gasteiger partial charge >= 0.3 is 0 Å². The van der Waals surface area contributed by atoms with Gasteiger partial charge in [-0.3, -0.25) is 9.59 Å². The number of methoxy groups -OCH3 is 1. The molecule has 5 nitrogen and oxygen atoms in total. The van der Waals surface area contributed by atoms with E-state index >= 15 is 0 Å². The number of para-hydroxylation sites is 1. The minimum Gasteiger partial charge on any atom is -0.385 e. The van der Waals surface area contributed by atoms with Crippen molar-refractivity contribution in [3.63, 3.8) is 0 Å². The van der Waals surface area contributed by atoms with Gasteiger partial charge in [0.15, 0.2) is 0 Å². The van der Waals surface area contributed by atoms with Crippen LogP contribution in [0.15, 0.2) is 18.2 Å². The number of hydrogen-bond acceptors (Lipinski definition) is 3. The Morgan fingerprint density at radius 1 is 1.00 bits per heavy atom. The van der Waals surface area contributed by atoms with E-state index in [-0.39, 0.29) is 23.7 Å². The molecule has 1 fully saturated rings. The third-order valence-electron chi connectivity index (χ3n) is 5.54. The number of rotatable bonds is 9. The van der Waals surface area contributed by atoms with E-state index in [4.69, 9.17) is 4.74 Å². The average Bonchev–Trinajstić information content (AvgIpc) is 2.71. The van der Waals surface area contributed by atoms with Crippen LogP contribution in [0.1, 0.15) is 57.1 Å². The lowest BCUT2D eigenvalue weighted by molar-refractivity contribution is -0.128. The van der Waals surface area contributed by atoms with Crippen LogP contribution in [0.4, 0.5) is 5.69 Å². The number of anilines is 1. The Balaban J connectivity index is 1.86. The molecule has 27 heavy (non-hydrogen) atoms. The van der Waals surface area contributed by atoms with E-state index in [0.29, 0.717) is 13.2 Å². The molecule has 0 radical (unpaired) electrons. The highest BCUT2D eigenvalue weighted by Gasteiger charge is 2.30. The first-order chi connectivity index (χ1) is 13.1. The van der Waals surface area contributed by atoms with Crippen molar-refractivity contribution in [2.24, 2.45) is 11.8 Å². The second-order valence-electron chi connectivity index (χ2n) is 7.33. The molecule has 0 saturated heterocycles. The molecule has 2 N–H and O–H groups in total. The zero-order chi connectivity index (χ0) is 19.6. The number of benzene rings is 1. The van der Waals surface area contributed by atoms with Crippen LogP contribution in [-0.4, -0.2) is 32.1 Å². The van der Waals surface area contributed by atoms with Crippen LogP contribution >= 0.6 is 0 Å². The molecule has 0 bridgehead atoms. The smallest absolute Gasteiger partial charge is 0.227 e. The summed E-state index contributed by atoms with van der Waals surface area (Å²) in [5.41, 5.74) is 3.36. The van der Waals surface area contributed by atoms with Crippen molar-refractivity contribution < 1.29 is 14.3 Å². The molecular formula is C22H34N2O3. The van der Waals surface area contributed by atoms with Crippen molar-refractivity contribution in [2.45, 2.75) is 58.8 Å². The second kappa shape index (κ2) is 11.1. The van der Waals surface area contributed by atoms with E-state index in [1.54, 1.807) is 7.11 Å². The Morgan fingerprint density at radius 2 is 1.56 bits per heavy atom. The third kappa shape index (κ3) is 6.06. The average molecular weight is 375 g/mol. The number of amides is 2. The molecule has 1 saturated carbocycles. The van der Waals surface area contributed by atoms with Gasteiger partial charge in [0.1, 0.15) is 0 Å². The van der Waals surface area contributed by atoms with Gasteiger partial charge in [0.05, 0.1) is 0 Å². The molecule has 1 aliphatic carbocycles. The summed E-state index contributed by atoms with van der Waals surface area (Å²) in [6, 6.07) is 6.23. The maximum Gasteiger partial charge on any atom is 0.227 e. The molecule has 0 heterocycles. The quantitative estimate of drug-likeness (QED) is 0.648. The fraction of sp³-hybridized carbons (Fsp3) is 0.636. The highest BCUT2D eigenvalue weighted by molar-refractivity contribution is 5.94. The molecule has 1 aromatic carbocycles. The Kier molecular flexibility index (Phi) is 8.79. The van der Waals surface area contributed by atoms with Gasteiger partial charge < -0.3 is 15.4 Å².